The summed E-state index contributed by atoms with van der Waals surface area (Å²) in [5.41, 5.74) is 1.78. The molecular formula is C24H27FN2O2. The number of piperidine rings is 1. The Balaban J connectivity index is 1.52. The molecule has 2 amide bonds. The van der Waals surface area contributed by atoms with Gasteiger partial charge in [0, 0.05) is 38.2 Å². The number of amides is 2. The van der Waals surface area contributed by atoms with Gasteiger partial charge in [-0.3, -0.25) is 9.59 Å². The lowest BCUT2D eigenvalue weighted by molar-refractivity contribution is -0.139. The van der Waals surface area contributed by atoms with Crippen molar-refractivity contribution >= 4 is 17.9 Å². The minimum Gasteiger partial charge on any atom is -0.339 e. The summed E-state index contributed by atoms with van der Waals surface area (Å²) in [7, 11) is 0. The van der Waals surface area contributed by atoms with Gasteiger partial charge in [0.15, 0.2) is 0 Å². The number of benzene rings is 2. The quantitative estimate of drug-likeness (QED) is 0.692. The Labute approximate surface area is 171 Å². The molecule has 1 saturated heterocycles. The second-order valence-corrected chi connectivity index (χ2v) is 7.33. The van der Waals surface area contributed by atoms with Crippen molar-refractivity contribution in [1.82, 2.24) is 9.80 Å². The molecule has 0 N–H and O–H groups in total. The van der Waals surface area contributed by atoms with Crippen molar-refractivity contribution in [1.29, 1.82) is 0 Å². The Kier molecular flexibility index (Phi) is 7.17. The number of carbonyl (C=O) groups excluding carboxylic acids is 2. The average Bonchev–Trinajstić information content (AvgIpc) is 2.76. The Morgan fingerprint density at radius 3 is 2.48 bits per heavy atom. The molecule has 0 spiro atoms. The van der Waals surface area contributed by atoms with Gasteiger partial charge in [0.1, 0.15) is 5.82 Å². The van der Waals surface area contributed by atoms with Gasteiger partial charge in [-0.2, -0.15) is 0 Å². The van der Waals surface area contributed by atoms with Gasteiger partial charge < -0.3 is 9.80 Å². The summed E-state index contributed by atoms with van der Waals surface area (Å²) in [5.74, 6) is -0.317. The number of halogens is 1. The molecule has 0 atom stereocenters. The number of carbonyl (C=O) groups is 2. The maximum Gasteiger partial charge on any atom is 0.246 e. The average molecular weight is 394 g/mol. The van der Waals surface area contributed by atoms with Crippen LogP contribution in [0.15, 0.2) is 60.7 Å². The highest BCUT2D eigenvalue weighted by Crippen LogP contribution is 2.21. The second kappa shape index (κ2) is 10.0. The minimum atomic E-state index is -0.290. The molecule has 29 heavy (non-hydrogen) atoms. The highest BCUT2D eigenvalue weighted by molar-refractivity contribution is 5.92. The highest BCUT2D eigenvalue weighted by Gasteiger charge is 2.29. The molecule has 0 unspecified atom stereocenters. The summed E-state index contributed by atoms with van der Waals surface area (Å²) in [6.45, 7) is 4.07. The fourth-order valence-corrected chi connectivity index (χ4v) is 3.64. The van der Waals surface area contributed by atoms with E-state index >= 15 is 0 Å². The standard InChI is InChI=1S/C24H27FN2O2/c1-2-26(18-20-9-6-10-22(25)17-20)24(29)21-13-15-27(16-14-21)23(28)12-11-19-7-4-3-5-8-19/h3-12,17,21H,2,13-16,18H2,1H3/b12-11-. The lowest BCUT2D eigenvalue weighted by Gasteiger charge is -2.33. The zero-order valence-electron chi connectivity index (χ0n) is 16.8. The number of hydrogen-bond donors (Lipinski definition) is 0. The predicted octanol–water partition coefficient (Wildman–Crippen LogP) is 4.13. The van der Waals surface area contributed by atoms with Crippen molar-refractivity contribution in [2.45, 2.75) is 26.3 Å². The second-order valence-electron chi connectivity index (χ2n) is 7.33. The Morgan fingerprint density at radius 1 is 1.10 bits per heavy atom. The van der Waals surface area contributed by atoms with E-state index in [1.807, 2.05) is 49.4 Å². The van der Waals surface area contributed by atoms with Gasteiger partial charge in [0.25, 0.3) is 0 Å². The number of likely N-dealkylation sites (tertiary alicyclic amines) is 1. The van der Waals surface area contributed by atoms with Crippen LogP contribution in [0.25, 0.3) is 6.08 Å². The molecule has 4 nitrogen and oxygen atoms in total. The first-order valence-electron chi connectivity index (χ1n) is 10.1. The molecule has 1 aliphatic heterocycles. The maximum atomic E-state index is 13.4. The normalized spacial score (nSPS) is 14.9. The van der Waals surface area contributed by atoms with Gasteiger partial charge in [-0.15, -0.1) is 0 Å². The molecule has 1 aliphatic rings. The van der Waals surface area contributed by atoms with E-state index in [4.69, 9.17) is 0 Å². The molecule has 3 rings (SSSR count). The van der Waals surface area contributed by atoms with Gasteiger partial charge in [0.2, 0.25) is 11.8 Å². The zero-order valence-corrected chi connectivity index (χ0v) is 16.8. The van der Waals surface area contributed by atoms with Crippen LogP contribution in [0, 0.1) is 11.7 Å². The van der Waals surface area contributed by atoms with E-state index in [2.05, 4.69) is 0 Å². The minimum absolute atomic E-state index is 0.0214. The molecular weight excluding hydrogens is 367 g/mol. The van der Waals surface area contributed by atoms with Crippen LogP contribution >= 0.6 is 0 Å². The van der Waals surface area contributed by atoms with Gasteiger partial charge in [0.05, 0.1) is 0 Å². The zero-order chi connectivity index (χ0) is 20.6. The van der Waals surface area contributed by atoms with Crippen LogP contribution in [0.2, 0.25) is 0 Å². The monoisotopic (exact) mass is 394 g/mol. The summed E-state index contributed by atoms with van der Waals surface area (Å²) in [6, 6.07) is 16.1. The summed E-state index contributed by atoms with van der Waals surface area (Å²) in [6.07, 6.45) is 4.73. The first kappa shape index (κ1) is 20.8. The van der Waals surface area contributed by atoms with Crippen LogP contribution in [-0.4, -0.2) is 41.2 Å². The first-order valence-corrected chi connectivity index (χ1v) is 10.1. The molecule has 2 aromatic carbocycles. The predicted molar refractivity (Wildman–Crippen MR) is 112 cm³/mol. The van der Waals surface area contributed by atoms with Gasteiger partial charge >= 0.3 is 0 Å². The number of hydrogen-bond acceptors (Lipinski definition) is 2. The van der Waals surface area contributed by atoms with E-state index in [1.54, 1.807) is 21.9 Å². The SMILES string of the molecule is CCN(Cc1cccc(F)c1)C(=O)C1CCN(C(=O)/C=C\c2ccccc2)CC1. The fraction of sp³-hybridized carbons (Fsp3) is 0.333. The summed E-state index contributed by atoms with van der Waals surface area (Å²) in [4.78, 5) is 28.9. The summed E-state index contributed by atoms with van der Waals surface area (Å²) in [5, 5.41) is 0. The highest BCUT2D eigenvalue weighted by atomic mass is 19.1. The molecule has 1 fully saturated rings. The van der Waals surface area contributed by atoms with E-state index in [0.717, 1.165) is 11.1 Å². The van der Waals surface area contributed by atoms with Crippen molar-refractivity contribution in [3.8, 4) is 0 Å². The third kappa shape index (κ3) is 5.76. The molecule has 2 aromatic rings. The Bertz CT molecular complexity index is 858. The third-order valence-electron chi connectivity index (χ3n) is 5.33. The van der Waals surface area contributed by atoms with E-state index < -0.39 is 0 Å². The lowest BCUT2D eigenvalue weighted by Crippen LogP contribution is -2.43. The van der Waals surface area contributed by atoms with Crippen LogP contribution in [0.5, 0.6) is 0 Å². The van der Waals surface area contributed by atoms with E-state index in [9.17, 15) is 14.0 Å². The van der Waals surface area contributed by atoms with Crippen molar-refractivity contribution in [2.75, 3.05) is 19.6 Å². The number of nitrogens with zero attached hydrogens (tertiary/aromatic N) is 2. The van der Waals surface area contributed by atoms with E-state index in [-0.39, 0.29) is 23.5 Å². The molecule has 0 aliphatic carbocycles. The van der Waals surface area contributed by atoms with E-state index in [1.165, 1.54) is 12.1 Å². The fourth-order valence-electron chi connectivity index (χ4n) is 3.64. The molecule has 0 bridgehead atoms. The molecule has 0 aromatic heterocycles. The Hall–Kier alpha value is -2.95. The van der Waals surface area contributed by atoms with Crippen LogP contribution in [-0.2, 0) is 16.1 Å². The van der Waals surface area contributed by atoms with Crippen molar-refractivity contribution in [3.05, 3.63) is 77.6 Å². The molecule has 0 radical (unpaired) electrons. The molecule has 152 valence electrons. The maximum absolute atomic E-state index is 13.4. The summed E-state index contributed by atoms with van der Waals surface area (Å²) < 4.78 is 13.4. The van der Waals surface area contributed by atoms with Crippen LogP contribution in [0.3, 0.4) is 0 Å². The topological polar surface area (TPSA) is 40.6 Å². The van der Waals surface area contributed by atoms with E-state index in [0.29, 0.717) is 39.0 Å². The molecule has 5 heteroatoms. The van der Waals surface area contributed by atoms with Gasteiger partial charge in [-0.1, -0.05) is 42.5 Å². The first-order chi connectivity index (χ1) is 14.1. The van der Waals surface area contributed by atoms with Crippen molar-refractivity contribution in [2.24, 2.45) is 5.92 Å². The molecule has 0 saturated carbocycles. The van der Waals surface area contributed by atoms with Crippen LogP contribution < -0.4 is 0 Å². The third-order valence-corrected chi connectivity index (χ3v) is 5.33. The Morgan fingerprint density at radius 2 is 1.83 bits per heavy atom. The molecule has 1 heterocycles. The van der Waals surface area contributed by atoms with Crippen molar-refractivity contribution < 1.29 is 14.0 Å². The van der Waals surface area contributed by atoms with Crippen molar-refractivity contribution in [3.63, 3.8) is 0 Å². The smallest absolute Gasteiger partial charge is 0.246 e. The largest absolute Gasteiger partial charge is 0.339 e. The van der Waals surface area contributed by atoms with Gasteiger partial charge in [-0.25, -0.2) is 4.39 Å². The van der Waals surface area contributed by atoms with Crippen LogP contribution in [0.1, 0.15) is 30.9 Å². The number of rotatable bonds is 6. The lowest BCUT2D eigenvalue weighted by atomic mass is 9.95. The van der Waals surface area contributed by atoms with Crippen LogP contribution in [0.4, 0.5) is 4.39 Å². The van der Waals surface area contributed by atoms with Gasteiger partial charge in [-0.05, 0) is 49.1 Å². The summed E-state index contributed by atoms with van der Waals surface area (Å²) >= 11 is 0.